The highest BCUT2D eigenvalue weighted by atomic mass is 127. The lowest BCUT2D eigenvalue weighted by Crippen LogP contribution is -2.41. The van der Waals surface area contributed by atoms with Crippen molar-refractivity contribution in [2.24, 2.45) is 0 Å². The molecular formula is C14H20INOSSi. The van der Waals surface area contributed by atoms with Crippen molar-refractivity contribution >= 4 is 52.4 Å². The molecule has 0 fully saturated rings. The molecule has 0 aliphatic rings. The summed E-state index contributed by atoms with van der Waals surface area (Å²) >= 11 is 4.03. The van der Waals surface area contributed by atoms with Crippen LogP contribution in [0.25, 0.3) is 0 Å². The minimum absolute atomic E-state index is 0.0296. The zero-order valence-electron chi connectivity index (χ0n) is 11.9. The Balaban J connectivity index is 3.15. The van der Waals surface area contributed by atoms with E-state index >= 15 is 0 Å². The number of rotatable bonds is 5. The van der Waals surface area contributed by atoms with Gasteiger partial charge in [-0.15, -0.1) is 17.9 Å². The molecule has 1 heterocycles. The first-order chi connectivity index (χ1) is 8.68. The lowest BCUT2D eigenvalue weighted by Gasteiger charge is -2.17. The molecule has 104 valence electrons. The minimum atomic E-state index is -1.52. The maximum absolute atomic E-state index is 12.4. The van der Waals surface area contributed by atoms with Crippen molar-refractivity contribution < 1.29 is 4.79 Å². The van der Waals surface area contributed by atoms with Crippen molar-refractivity contribution in [2.45, 2.75) is 33.0 Å². The Kier molecular flexibility index (Phi) is 5.58. The smallest absolute Gasteiger partial charge is 0.257 e. The first-order valence-electron chi connectivity index (χ1n) is 6.07. The van der Waals surface area contributed by atoms with E-state index in [1.807, 2.05) is 0 Å². The molecule has 1 aromatic heterocycles. The fourth-order valence-corrected chi connectivity index (χ4v) is 6.45. The summed E-state index contributed by atoms with van der Waals surface area (Å²) in [5, 5.41) is 2.88. The van der Waals surface area contributed by atoms with Gasteiger partial charge in [0.25, 0.3) is 5.91 Å². The van der Waals surface area contributed by atoms with Crippen molar-refractivity contribution in [3.8, 4) is 0 Å². The summed E-state index contributed by atoms with van der Waals surface area (Å²) in [6, 6.07) is 0. The van der Waals surface area contributed by atoms with Crippen LogP contribution >= 0.6 is 33.9 Å². The van der Waals surface area contributed by atoms with Crippen LogP contribution < -0.4 is 9.82 Å². The molecule has 0 aromatic carbocycles. The van der Waals surface area contributed by atoms with E-state index < -0.39 is 8.07 Å². The van der Waals surface area contributed by atoms with Crippen molar-refractivity contribution in [3.63, 3.8) is 0 Å². The average molecular weight is 405 g/mol. The summed E-state index contributed by atoms with van der Waals surface area (Å²) < 4.78 is 2.34. The van der Waals surface area contributed by atoms with Crippen molar-refractivity contribution in [1.29, 1.82) is 0 Å². The molecule has 19 heavy (non-hydrogen) atoms. The number of allylic oxidation sites excluding steroid dienone is 1. The average Bonchev–Trinajstić information content (AvgIpc) is 2.55. The fraction of sp³-hybridized carbons (Fsp3) is 0.357. The van der Waals surface area contributed by atoms with Crippen LogP contribution in [0.1, 0.15) is 21.7 Å². The summed E-state index contributed by atoms with van der Waals surface area (Å²) in [4.78, 5) is 13.7. The van der Waals surface area contributed by atoms with Gasteiger partial charge in [-0.1, -0.05) is 32.3 Å². The topological polar surface area (TPSA) is 29.1 Å². The predicted octanol–water partition coefficient (Wildman–Crippen LogP) is 4.03. The summed E-state index contributed by atoms with van der Waals surface area (Å²) in [7, 11) is -1.52. The van der Waals surface area contributed by atoms with Gasteiger partial charge in [0.2, 0.25) is 0 Å². The first kappa shape index (κ1) is 16.7. The number of amides is 1. The number of halogens is 1. The molecule has 1 amide bonds. The molecule has 0 aliphatic carbocycles. The van der Waals surface area contributed by atoms with Crippen LogP contribution in [0.4, 0.5) is 0 Å². The number of nitrogens with one attached hydrogen (secondary N) is 1. The minimum Gasteiger partial charge on any atom is -0.326 e. The molecular weight excluding hydrogens is 385 g/mol. The third-order valence-electron chi connectivity index (χ3n) is 2.60. The van der Waals surface area contributed by atoms with Gasteiger partial charge >= 0.3 is 0 Å². The quantitative estimate of drug-likeness (QED) is 0.448. The lowest BCUT2D eigenvalue weighted by atomic mass is 10.2. The molecule has 0 unspecified atom stereocenters. The molecule has 1 rings (SSSR count). The number of carbonyl (C=O) groups is 1. The van der Waals surface area contributed by atoms with Gasteiger partial charge < -0.3 is 5.32 Å². The fourth-order valence-electron chi connectivity index (χ4n) is 1.70. The van der Waals surface area contributed by atoms with E-state index in [1.165, 1.54) is 9.38 Å². The van der Waals surface area contributed by atoms with Crippen molar-refractivity contribution in [2.75, 3.05) is 0 Å². The monoisotopic (exact) mass is 405 g/mol. The van der Waals surface area contributed by atoms with E-state index in [9.17, 15) is 4.79 Å². The third-order valence-corrected chi connectivity index (χ3v) is 8.99. The highest BCUT2D eigenvalue weighted by Gasteiger charge is 2.29. The number of aryl methyl sites for hydroxylation is 1. The van der Waals surface area contributed by atoms with Gasteiger partial charge in [-0.3, -0.25) is 4.79 Å². The van der Waals surface area contributed by atoms with E-state index in [0.29, 0.717) is 12.1 Å². The summed E-state index contributed by atoms with van der Waals surface area (Å²) in [6.45, 7) is 16.4. The molecule has 0 bridgehead atoms. The third kappa shape index (κ3) is 4.03. The van der Waals surface area contributed by atoms with E-state index in [-0.39, 0.29) is 5.91 Å². The molecule has 0 atom stereocenters. The molecule has 2 nitrogen and oxygen atoms in total. The summed E-state index contributed by atoms with van der Waals surface area (Å²) in [5.41, 5.74) is 1.55. The van der Waals surface area contributed by atoms with E-state index in [4.69, 9.17) is 0 Å². The Morgan fingerprint density at radius 2 is 2.05 bits per heavy atom. The Labute approximate surface area is 134 Å². The van der Waals surface area contributed by atoms with Gasteiger partial charge in [0, 0.05) is 25.1 Å². The van der Waals surface area contributed by atoms with Gasteiger partial charge in [0.05, 0.1) is 13.6 Å². The maximum atomic E-state index is 12.4. The van der Waals surface area contributed by atoms with E-state index in [0.717, 1.165) is 9.13 Å². The molecule has 0 saturated carbocycles. The standard InChI is InChI=1S/C14H20INOSSi/c1-7-8-9(2)16-13(17)11-12(15)10(3)18-14(11)19(4,5)6/h7H,1-2,8H2,3-6H3,(H,16,17). The van der Waals surface area contributed by atoms with Crippen LogP contribution in [-0.2, 0) is 0 Å². The normalized spacial score (nSPS) is 11.2. The number of hydrogen-bond donors (Lipinski definition) is 1. The zero-order chi connectivity index (χ0) is 14.8. The summed E-state index contributed by atoms with van der Waals surface area (Å²) in [5.74, 6) is -0.0296. The molecule has 0 aliphatic heterocycles. The Morgan fingerprint density at radius 3 is 2.53 bits per heavy atom. The Hall–Kier alpha value is -0.403. The molecule has 1 N–H and O–H groups in total. The summed E-state index contributed by atoms with van der Waals surface area (Å²) in [6.07, 6.45) is 2.35. The van der Waals surface area contributed by atoms with E-state index in [2.05, 4.69) is 67.6 Å². The molecule has 1 aromatic rings. The van der Waals surface area contributed by atoms with Crippen molar-refractivity contribution in [3.05, 3.63) is 38.9 Å². The highest BCUT2D eigenvalue weighted by Crippen LogP contribution is 2.25. The highest BCUT2D eigenvalue weighted by molar-refractivity contribution is 14.1. The van der Waals surface area contributed by atoms with Crippen LogP contribution in [0.5, 0.6) is 0 Å². The van der Waals surface area contributed by atoms with Crippen LogP contribution in [-0.4, -0.2) is 14.0 Å². The number of thiophene rings is 1. The van der Waals surface area contributed by atoms with Gasteiger partial charge in [-0.25, -0.2) is 0 Å². The molecule has 0 spiro atoms. The molecule has 0 saturated heterocycles. The Morgan fingerprint density at radius 1 is 1.47 bits per heavy atom. The van der Waals surface area contributed by atoms with Gasteiger partial charge in [-0.2, -0.15) is 0 Å². The molecule has 5 heteroatoms. The van der Waals surface area contributed by atoms with Crippen LogP contribution in [0.15, 0.2) is 24.9 Å². The SMILES string of the molecule is C=CCC(=C)NC(=O)c1c([Si](C)(C)C)sc(C)c1I. The maximum Gasteiger partial charge on any atom is 0.257 e. The lowest BCUT2D eigenvalue weighted by molar-refractivity contribution is 0.0966. The van der Waals surface area contributed by atoms with Crippen molar-refractivity contribution in [1.82, 2.24) is 5.32 Å². The zero-order valence-corrected chi connectivity index (χ0v) is 15.9. The second kappa shape index (κ2) is 6.36. The van der Waals surface area contributed by atoms with Gasteiger partial charge in [0.15, 0.2) is 0 Å². The van der Waals surface area contributed by atoms with Gasteiger partial charge in [0.1, 0.15) is 0 Å². The second-order valence-corrected chi connectivity index (χ2v) is 13.1. The van der Waals surface area contributed by atoms with E-state index in [1.54, 1.807) is 17.4 Å². The van der Waals surface area contributed by atoms with Crippen LogP contribution in [0.3, 0.4) is 0 Å². The largest absolute Gasteiger partial charge is 0.326 e. The number of carbonyl (C=O) groups excluding carboxylic acids is 1. The molecule has 0 radical (unpaired) electrons. The number of hydrogen-bond acceptors (Lipinski definition) is 2. The predicted molar refractivity (Wildman–Crippen MR) is 96.2 cm³/mol. The first-order valence-corrected chi connectivity index (χ1v) is 11.5. The van der Waals surface area contributed by atoms with Crippen LogP contribution in [0, 0.1) is 10.5 Å². The second-order valence-electron chi connectivity index (χ2n) is 5.48. The van der Waals surface area contributed by atoms with Crippen LogP contribution in [0.2, 0.25) is 19.6 Å². The van der Waals surface area contributed by atoms with Gasteiger partial charge in [-0.05, 0) is 29.5 Å². The Bertz CT molecular complexity index is 528.